The van der Waals surface area contributed by atoms with Crippen molar-refractivity contribution >= 4 is 52.3 Å². The van der Waals surface area contributed by atoms with Gasteiger partial charge >= 0.3 is 6.18 Å². The van der Waals surface area contributed by atoms with E-state index in [4.69, 9.17) is 17.5 Å². The largest absolute Gasteiger partial charge is 0.419 e. The number of hydrogen-bond donors (Lipinski definition) is 2. The number of piperazine rings is 1. The second-order valence-corrected chi connectivity index (χ2v) is 16.5. The maximum absolute atomic E-state index is 13.7. The van der Waals surface area contributed by atoms with Crippen LogP contribution in [-0.4, -0.2) is 98.3 Å². The predicted octanol–water partition coefficient (Wildman–Crippen LogP) is 5.58. The van der Waals surface area contributed by atoms with Crippen LogP contribution >= 0.6 is 12.2 Å². The van der Waals surface area contributed by atoms with Crippen molar-refractivity contribution < 1.29 is 32.3 Å². The van der Waals surface area contributed by atoms with Crippen LogP contribution in [0.3, 0.4) is 0 Å². The highest BCUT2D eigenvalue weighted by molar-refractivity contribution is 7.80. The normalized spacial score (nSPS) is 26.3. The van der Waals surface area contributed by atoms with Crippen LogP contribution in [0.15, 0.2) is 36.5 Å². The molecule has 12 nitrogen and oxygen atoms in total. The first-order valence-electron chi connectivity index (χ1n) is 19.3. The Morgan fingerprint density at radius 3 is 2.32 bits per heavy atom. The van der Waals surface area contributed by atoms with Crippen molar-refractivity contribution in [2.24, 2.45) is 5.92 Å². The molecule has 3 saturated heterocycles. The Bertz CT molecular complexity index is 1880. The molecule has 0 radical (unpaired) electrons. The van der Waals surface area contributed by atoms with E-state index in [9.17, 15) is 32.3 Å². The quantitative estimate of drug-likeness (QED) is 0.232. The molecular formula is C40H49F3N8O4S. The SMILES string of the molecule is C[C@@H]1CN(CCCC2CCC(N3C(=S)N(c4cnc(C#N)c(C(F)(F)F)c4)C(=O)C3(C)C)CC2)C[C@H](C)N1CC(=O)Nc1ccc(C2CCC(=O)NC2=O)cc1. The summed E-state index contributed by atoms with van der Waals surface area (Å²) in [5, 5.41) is 14.7. The molecule has 1 saturated carbocycles. The Kier molecular flexibility index (Phi) is 12.2. The highest BCUT2D eigenvalue weighted by Crippen LogP contribution is 2.41. The number of piperidine rings is 1. The van der Waals surface area contributed by atoms with Gasteiger partial charge in [-0.3, -0.25) is 34.3 Å². The van der Waals surface area contributed by atoms with Gasteiger partial charge in [0.2, 0.25) is 17.7 Å². The van der Waals surface area contributed by atoms with E-state index in [2.05, 4.69) is 39.3 Å². The molecule has 2 N–H and O–H groups in total. The highest BCUT2D eigenvalue weighted by Gasteiger charge is 2.53. The van der Waals surface area contributed by atoms with E-state index in [0.717, 1.165) is 80.9 Å². The van der Waals surface area contributed by atoms with Gasteiger partial charge in [0.15, 0.2) is 10.8 Å². The smallest absolute Gasteiger partial charge is 0.331 e. The number of imide groups is 1. The molecule has 4 heterocycles. The van der Waals surface area contributed by atoms with Crippen LogP contribution in [0.1, 0.15) is 102 Å². The summed E-state index contributed by atoms with van der Waals surface area (Å²) in [5.74, 6) is -0.912. The number of pyridine rings is 1. The number of rotatable bonds is 10. The minimum absolute atomic E-state index is 0.0275. The summed E-state index contributed by atoms with van der Waals surface area (Å²) in [5.41, 5.74) is -1.64. The summed E-state index contributed by atoms with van der Waals surface area (Å²) in [6.45, 7) is 10.7. The fourth-order valence-corrected chi connectivity index (χ4v) is 9.53. The zero-order chi connectivity index (χ0) is 40.5. The Morgan fingerprint density at radius 1 is 1.05 bits per heavy atom. The van der Waals surface area contributed by atoms with Crippen LogP contribution in [-0.2, 0) is 25.4 Å². The monoisotopic (exact) mass is 794 g/mol. The van der Waals surface area contributed by atoms with E-state index >= 15 is 0 Å². The summed E-state index contributed by atoms with van der Waals surface area (Å²) in [6, 6.07) is 9.83. The summed E-state index contributed by atoms with van der Waals surface area (Å²) >= 11 is 5.74. The van der Waals surface area contributed by atoms with Crippen LogP contribution in [0, 0.1) is 17.2 Å². The molecule has 56 heavy (non-hydrogen) atoms. The summed E-state index contributed by atoms with van der Waals surface area (Å²) < 4.78 is 41.1. The first-order valence-corrected chi connectivity index (χ1v) is 19.8. The van der Waals surface area contributed by atoms with Crippen molar-refractivity contribution in [3.05, 3.63) is 53.3 Å². The van der Waals surface area contributed by atoms with Gasteiger partial charge in [0, 0.05) is 43.3 Å². The van der Waals surface area contributed by atoms with Gasteiger partial charge in [-0.15, -0.1) is 0 Å². The lowest BCUT2D eigenvalue weighted by atomic mass is 9.82. The number of alkyl halides is 3. The van der Waals surface area contributed by atoms with Gasteiger partial charge < -0.3 is 15.1 Å². The zero-order valence-corrected chi connectivity index (χ0v) is 33.0. The van der Waals surface area contributed by atoms with Crippen molar-refractivity contribution in [2.75, 3.05) is 36.4 Å². The molecule has 0 spiro atoms. The summed E-state index contributed by atoms with van der Waals surface area (Å²) in [7, 11) is 0. The first-order chi connectivity index (χ1) is 26.5. The maximum Gasteiger partial charge on any atom is 0.419 e. The number of thiocarbonyl (C=S) groups is 1. The van der Waals surface area contributed by atoms with Gasteiger partial charge in [0.25, 0.3) is 5.91 Å². The zero-order valence-electron chi connectivity index (χ0n) is 32.2. The third kappa shape index (κ3) is 8.74. The van der Waals surface area contributed by atoms with Gasteiger partial charge in [-0.05, 0) is 121 Å². The van der Waals surface area contributed by atoms with E-state index < -0.39 is 28.9 Å². The second-order valence-electron chi connectivity index (χ2n) is 16.2. The number of nitrogens with zero attached hydrogens (tertiary/aromatic N) is 6. The van der Waals surface area contributed by atoms with Gasteiger partial charge in [0.05, 0.1) is 29.9 Å². The number of amides is 4. The number of carbonyl (C=O) groups excluding carboxylic acids is 4. The van der Waals surface area contributed by atoms with E-state index in [1.54, 1.807) is 26.0 Å². The minimum atomic E-state index is -4.81. The fraction of sp³-hybridized carbons (Fsp3) is 0.575. The first kappa shape index (κ1) is 41.2. The molecule has 1 aromatic carbocycles. The molecule has 1 aromatic heterocycles. The van der Waals surface area contributed by atoms with Gasteiger partial charge in [-0.2, -0.15) is 18.4 Å². The number of anilines is 2. The van der Waals surface area contributed by atoms with Crippen molar-refractivity contribution in [1.82, 2.24) is 25.0 Å². The van der Waals surface area contributed by atoms with E-state index in [0.29, 0.717) is 24.4 Å². The highest BCUT2D eigenvalue weighted by atomic mass is 32.1. The van der Waals surface area contributed by atoms with Crippen LogP contribution in [0.2, 0.25) is 0 Å². The minimum Gasteiger partial charge on any atom is -0.331 e. The van der Waals surface area contributed by atoms with Crippen LogP contribution in [0.4, 0.5) is 24.5 Å². The molecule has 1 aliphatic carbocycles. The van der Waals surface area contributed by atoms with Crippen LogP contribution in [0.25, 0.3) is 0 Å². The predicted molar refractivity (Wildman–Crippen MR) is 207 cm³/mol. The molecule has 1 unspecified atom stereocenters. The molecule has 4 fully saturated rings. The van der Waals surface area contributed by atoms with Crippen LogP contribution in [0.5, 0.6) is 0 Å². The van der Waals surface area contributed by atoms with Crippen LogP contribution < -0.4 is 15.5 Å². The van der Waals surface area contributed by atoms with E-state index in [-0.39, 0.29) is 59.1 Å². The number of benzene rings is 1. The average Bonchev–Trinajstić information content (AvgIpc) is 3.32. The Morgan fingerprint density at radius 2 is 1.71 bits per heavy atom. The Balaban J connectivity index is 0.942. The number of hydrogen-bond acceptors (Lipinski definition) is 9. The average molecular weight is 795 g/mol. The molecule has 3 aliphatic heterocycles. The number of carbonyl (C=O) groups is 4. The standard InChI is InChI=1S/C40H49F3N8O4S/c1-24-21-48(22-25(2)49(24)23-35(53)46-28-11-9-27(10-12-28)31-15-16-34(52)47-36(31)54)17-5-6-26-7-13-29(14-8-26)51-38(56)50(37(55)39(51,3)4)30-18-32(40(41,42)43)33(19-44)45-20-30/h9-12,18,20,24-26,29,31H,5-8,13-17,21-23H2,1-4H3,(H,46,53)(H,47,52,54)/t24-,25+,26?,29?,31?. The molecule has 4 aliphatic rings. The van der Waals surface area contributed by atoms with E-state index in [1.165, 1.54) is 6.07 Å². The Labute approximate surface area is 330 Å². The summed E-state index contributed by atoms with van der Waals surface area (Å²) in [6.07, 6.45) is 2.72. The van der Waals surface area contributed by atoms with Crippen molar-refractivity contribution in [3.63, 3.8) is 0 Å². The van der Waals surface area contributed by atoms with Crippen molar-refractivity contribution in [2.45, 2.75) is 115 Å². The van der Waals surface area contributed by atoms with Gasteiger partial charge in [-0.1, -0.05) is 12.1 Å². The molecule has 3 atom stereocenters. The number of nitrogens with one attached hydrogen (secondary N) is 2. The third-order valence-electron chi connectivity index (χ3n) is 11.9. The molecule has 6 rings (SSSR count). The number of halogens is 3. The van der Waals surface area contributed by atoms with E-state index in [1.807, 2.05) is 17.0 Å². The Hall–Kier alpha value is -4.46. The third-order valence-corrected chi connectivity index (χ3v) is 12.3. The molecule has 0 bridgehead atoms. The lowest BCUT2D eigenvalue weighted by Gasteiger charge is -2.44. The van der Waals surface area contributed by atoms with Gasteiger partial charge in [0.1, 0.15) is 11.6 Å². The van der Waals surface area contributed by atoms with Crippen molar-refractivity contribution in [1.29, 1.82) is 5.26 Å². The number of aromatic nitrogens is 1. The molecule has 300 valence electrons. The second kappa shape index (κ2) is 16.6. The molecular weight excluding hydrogens is 746 g/mol. The lowest BCUT2D eigenvalue weighted by Crippen LogP contribution is -2.58. The maximum atomic E-state index is 13.7. The fourth-order valence-electron chi connectivity index (χ4n) is 8.96. The topological polar surface area (TPSA) is 142 Å². The molecule has 2 aromatic rings. The number of nitriles is 1. The summed E-state index contributed by atoms with van der Waals surface area (Å²) in [4.78, 5) is 61.8. The molecule has 4 amide bonds. The molecule has 16 heteroatoms. The van der Waals surface area contributed by atoms with Crippen molar-refractivity contribution in [3.8, 4) is 6.07 Å². The lowest BCUT2D eigenvalue weighted by molar-refractivity contribution is -0.138. The van der Waals surface area contributed by atoms with Gasteiger partial charge in [-0.25, -0.2) is 4.98 Å².